The first-order valence-electron chi connectivity index (χ1n) is 12.2. The summed E-state index contributed by atoms with van der Waals surface area (Å²) in [6.45, 7) is 2.89. The van der Waals surface area contributed by atoms with Crippen LogP contribution >= 0.6 is 27.5 Å². The van der Waals surface area contributed by atoms with Gasteiger partial charge in [0.2, 0.25) is 5.91 Å². The highest BCUT2D eigenvalue weighted by atomic mass is 79.9. The number of nitrogens with one attached hydrogen (secondary N) is 2. The molecule has 2 aliphatic heterocycles. The molecular weight excluding hydrogens is 548 g/mol. The van der Waals surface area contributed by atoms with Gasteiger partial charge in [-0.05, 0) is 73.8 Å². The fraction of sp³-hybridized carbons (Fsp3) is 0.423. The smallest absolute Gasteiger partial charge is 0.260 e. The number of amides is 2. The van der Waals surface area contributed by atoms with Crippen LogP contribution in [0.25, 0.3) is 0 Å². The lowest BCUT2D eigenvalue weighted by Crippen LogP contribution is -2.46. The molecule has 192 valence electrons. The molecular formula is C26H30BrClN4O4. The first-order chi connectivity index (χ1) is 17.5. The quantitative estimate of drug-likeness (QED) is 0.414. The van der Waals surface area contributed by atoms with E-state index in [1.807, 2.05) is 35.2 Å². The molecule has 1 saturated heterocycles. The number of carbonyl (C=O) groups is 2. The second-order valence-electron chi connectivity index (χ2n) is 8.79. The average Bonchev–Trinajstić information content (AvgIpc) is 2.89. The van der Waals surface area contributed by atoms with Crippen molar-refractivity contribution in [2.75, 3.05) is 32.8 Å². The first-order valence-corrected chi connectivity index (χ1v) is 13.3. The van der Waals surface area contributed by atoms with Crippen LogP contribution in [0.4, 0.5) is 0 Å². The van der Waals surface area contributed by atoms with Gasteiger partial charge >= 0.3 is 0 Å². The number of benzene rings is 2. The molecule has 2 heterocycles. The third-order valence-corrected chi connectivity index (χ3v) is 7.03. The zero-order valence-corrected chi connectivity index (χ0v) is 22.3. The van der Waals surface area contributed by atoms with E-state index in [2.05, 4.69) is 31.8 Å². The van der Waals surface area contributed by atoms with Crippen molar-refractivity contribution < 1.29 is 19.1 Å². The van der Waals surface area contributed by atoms with Gasteiger partial charge in [-0.25, -0.2) is 5.43 Å². The van der Waals surface area contributed by atoms with Crippen LogP contribution in [0.2, 0.25) is 5.02 Å². The van der Waals surface area contributed by atoms with Crippen LogP contribution in [0.3, 0.4) is 0 Å². The Labute approximate surface area is 224 Å². The van der Waals surface area contributed by atoms with Crippen LogP contribution in [0.1, 0.15) is 37.7 Å². The van der Waals surface area contributed by atoms with Gasteiger partial charge in [0.15, 0.2) is 6.61 Å². The largest absolute Gasteiger partial charge is 0.494 e. The van der Waals surface area contributed by atoms with E-state index in [4.69, 9.17) is 21.1 Å². The van der Waals surface area contributed by atoms with Gasteiger partial charge in [-0.2, -0.15) is 5.10 Å². The molecule has 0 aliphatic carbocycles. The molecule has 36 heavy (non-hydrogen) atoms. The van der Waals surface area contributed by atoms with Crippen molar-refractivity contribution in [2.24, 2.45) is 5.10 Å². The van der Waals surface area contributed by atoms with Crippen LogP contribution in [-0.4, -0.2) is 61.3 Å². The van der Waals surface area contributed by atoms with Crippen molar-refractivity contribution in [1.29, 1.82) is 0 Å². The lowest BCUT2D eigenvalue weighted by atomic mass is 10.0. The Balaban J connectivity index is 1.12. The highest BCUT2D eigenvalue weighted by molar-refractivity contribution is 9.10. The molecule has 0 radical (unpaired) electrons. The molecule has 2 aromatic carbocycles. The Morgan fingerprint density at radius 1 is 1.14 bits per heavy atom. The van der Waals surface area contributed by atoms with Crippen molar-refractivity contribution in [2.45, 2.75) is 38.1 Å². The van der Waals surface area contributed by atoms with Gasteiger partial charge in [-0.1, -0.05) is 27.5 Å². The molecule has 0 saturated carbocycles. The summed E-state index contributed by atoms with van der Waals surface area (Å²) in [5.41, 5.74) is 4.08. The van der Waals surface area contributed by atoms with E-state index in [0.717, 1.165) is 47.3 Å². The van der Waals surface area contributed by atoms with E-state index in [1.54, 1.807) is 12.1 Å². The van der Waals surface area contributed by atoms with Crippen LogP contribution in [0, 0.1) is 0 Å². The van der Waals surface area contributed by atoms with E-state index in [1.165, 1.54) is 0 Å². The van der Waals surface area contributed by atoms with E-state index in [9.17, 15) is 9.59 Å². The van der Waals surface area contributed by atoms with Crippen molar-refractivity contribution in [1.82, 2.24) is 15.6 Å². The van der Waals surface area contributed by atoms with Crippen LogP contribution in [0.5, 0.6) is 11.5 Å². The molecule has 2 N–H and O–H groups in total. The number of hydrogen-bond acceptors (Lipinski definition) is 6. The lowest BCUT2D eigenvalue weighted by Gasteiger charge is -2.32. The molecule has 0 bridgehead atoms. The summed E-state index contributed by atoms with van der Waals surface area (Å²) >= 11 is 9.78. The monoisotopic (exact) mass is 576 g/mol. The van der Waals surface area contributed by atoms with Crippen molar-refractivity contribution in [3.05, 3.63) is 57.5 Å². The minimum Gasteiger partial charge on any atom is -0.494 e. The molecule has 2 aromatic rings. The molecule has 0 atom stereocenters. The second kappa shape index (κ2) is 13.1. The number of hydrazone groups is 1. The van der Waals surface area contributed by atoms with Gasteiger partial charge in [0.25, 0.3) is 5.91 Å². The van der Waals surface area contributed by atoms with Crippen LogP contribution < -0.4 is 20.2 Å². The zero-order valence-electron chi connectivity index (χ0n) is 20.0. The van der Waals surface area contributed by atoms with E-state index in [-0.39, 0.29) is 18.4 Å². The molecule has 2 aliphatic rings. The minimum atomic E-state index is -0.0923. The van der Waals surface area contributed by atoms with Gasteiger partial charge in [0, 0.05) is 36.4 Å². The number of hydrogen-bond donors (Lipinski definition) is 2. The summed E-state index contributed by atoms with van der Waals surface area (Å²) in [5.74, 6) is 1.19. The fourth-order valence-electron chi connectivity index (χ4n) is 4.14. The summed E-state index contributed by atoms with van der Waals surface area (Å²) in [4.78, 5) is 25.8. The number of nitrogens with zero attached hydrogens (tertiary/aromatic N) is 2. The highest BCUT2D eigenvalue weighted by Crippen LogP contribution is 2.27. The number of rotatable bonds is 10. The predicted molar refractivity (Wildman–Crippen MR) is 143 cm³/mol. The average molecular weight is 578 g/mol. The molecule has 0 aromatic heterocycles. The lowest BCUT2D eigenvalue weighted by molar-refractivity contribution is -0.134. The number of likely N-dealkylation sites (tertiary alicyclic amines) is 1. The van der Waals surface area contributed by atoms with Crippen molar-refractivity contribution in [3.63, 3.8) is 0 Å². The number of piperidine rings is 1. The Hall–Kier alpha value is -2.62. The summed E-state index contributed by atoms with van der Waals surface area (Å²) < 4.78 is 12.5. The molecule has 8 nitrogen and oxygen atoms in total. The Bertz CT molecular complexity index is 1090. The maximum atomic E-state index is 12.6. The van der Waals surface area contributed by atoms with E-state index < -0.39 is 0 Å². The molecule has 1 fully saturated rings. The van der Waals surface area contributed by atoms with Crippen molar-refractivity contribution in [3.8, 4) is 11.5 Å². The van der Waals surface area contributed by atoms with Gasteiger partial charge in [0.1, 0.15) is 11.5 Å². The number of halogens is 2. The molecule has 0 spiro atoms. The SMILES string of the molecule is O=C1CCC(c2ccc(OCC(=O)N3CCC(NCCCOc4ccc(Br)cc4)CC3)c(Cl)c2)=NN1. The normalized spacial score (nSPS) is 16.3. The summed E-state index contributed by atoms with van der Waals surface area (Å²) in [6, 6.07) is 13.6. The number of carbonyl (C=O) groups excluding carboxylic acids is 2. The van der Waals surface area contributed by atoms with E-state index >= 15 is 0 Å². The van der Waals surface area contributed by atoms with Crippen molar-refractivity contribution >= 4 is 45.1 Å². The van der Waals surface area contributed by atoms with Crippen LogP contribution in [-0.2, 0) is 9.59 Å². The fourth-order valence-corrected chi connectivity index (χ4v) is 4.64. The zero-order chi connectivity index (χ0) is 25.3. The van der Waals surface area contributed by atoms with E-state index in [0.29, 0.717) is 49.4 Å². The highest BCUT2D eigenvalue weighted by Gasteiger charge is 2.23. The summed E-state index contributed by atoms with van der Waals surface area (Å²) in [7, 11) is 0. The number of ether oxygens (including phenoxy) is 2. The van der Waals surface area contributed by atoms with Gasteiger partial charge in [-0.3, -0.25) is 9.59 Å². The molecule has 4 rings (SSSR count). The summed E-state index contributed by atoms with van der Waals surface area (Å²) in [5, 5.41) is 8.06. The Morgan fingerprint density at radius 3 is 2.61 bits per heavy atom. The standard InChI is InChI=1S/C26H30BrClN4O4/c27-19-3-5-21(6-4-19)35-15-1-12-29-20-10-13-32(14-11-20)26(34)17-36-24-8-2-18(16-22(24)28)23-7-9-25(33)31-30-23/h2-6,8,16,20,29H,1,7,9-15,17H2,(H,31,33). The summed E-state index contributed by atoms with van der Waals surface area (Å²) in [6.07, 6.45) is 3.70. The van der Waals surface area contributed by atoms with Gasteiger partial charge < -0.3 is 19.7 Å². The molecule has 10 heteroatoms. The van der Waals surface area contributed by atoms with Crippen LogP contribution in [0.15, 0.2) is 52.0 Å². The Morgan fingerprint density at radius 2 is 1.92 bits per heavy atom. The third-order valence-electron chi connectivity index (χ3n) is 6.20. The minimum absolute atomic E-state index is 0.0455. The van der Waals surface area contributed by atoms with Gasteiger partial charge in [-0.15, -0.1) is 0 Å². The maximum Gasteiger partial charge on any atom is 0.260 e. The predicted octanol–water partition coefficient (Wildman–Crippen LogP) is 4.15. The third kappa shape index (κ3) is 7.69. The van der Waals surface area contributed by atoms with Gasteiger partial charge in [0.05, 0.1) is 17.3 Å². The second-order valence-corrected chi connectivity index (χ2v) is 10.1. The first kappa shape index (κ1) is 26.4. The Kier molecular flexibility index (Phi) is 9.60. The molecule has 2 amide bonds. The molecule has 0 unspecified atom stereocenters. The topological polar surface area (TPSA) is 92.3 Å². The maximum absolute atomic E-state index is 12.6.